The third-order valence-corrected chi connectivity index (χ3v) is 5.99. The molecule has 0 aromatic carbocycles. The van der Waals surface area contributed by atoms with E-state index < -0.39 is 0 Å². The lowest BCUT2D eigenvalue weighted by molar-refractivity contribution is 0.0217. The molecule has 144 valence electrons. The van der Waals surface area contributed by atoms with E-state index in [0.29, 0.717) is 17.5 Å². The van der Waals surface area contributed by atoms with Gasteiger partial charge in [-0.05, 0) is 50.8 Å². The van der Waals surface area contributed by atoms with Gasteiger partial charge in [-0.3, -0.25) is 14.7 Å². The number of piperidine rings is 1. The van der Waals surface area contributed by atoms with E-state index in [4.69, 9.17) is 0 Å². The van der Waals surface area contributed by atoms with Gasteiger partial charge in [-0.2, -0.15) is 0 Å². The monoisotopic (exact) mass is 360 g/mol. The molecular weight excluding hydrogens is 328 g/mol. The predicted octanol–water partition coefficient (Wildman–Crippen LogP) is 1.24. The fraction of sp³-hybridized carbons (Fsp3) is 0.700. The predicted molar refractivity (Wildman–Crippen MR) is 102 cm³/mol. The highest BCUT2D eigenvalue weighted by Gasteiger charge is 2.35. The minimum atomic E-state index is 0.0985. The molecule has 1 aromatic rings. The van der Waals surface area contributed by atoms with Crippen molar-refractivity contribution in [3.05, 3.63) is 29.6 Å². The summed E-state index contributed by atoms with van der Waals surface area (Å²) in [7, 11) is 2.18. The van der Waals surface area contributed by atoms with Crippen molar-refractivity contribution in [2.75, 3.05) is 52.9 Å². The summed E-state index contributed by atoms with van der Waals surface area (Å²) < 4.78 is 0. The first-order chi connectivity index (χ1) is 12.6. The van der Waals surface area contributed by atoms with Gasteiger partial charge in [-0.1, -0.05) is 0 Å². The number of carbonyl (C=O) groups is 1. The summed E-state index contributed by atoms with van der Waals surface area (Å²) in [5, 5.41) is 9.31. The lowest BCUT2D eigenvalue weighted by Crippen LogP contribution is -2.57. The molecule has 3 heterocycles. The van der Waals surface area contributed by atoms with Crippen molar-refractivity contribution in [2.24, 2.45) is 5.92 Å². The van der Waals surface area contributed by atoms with Gasteiger partial charge in [-0.25, -0.2) is 0 Å². The van der Waals surface area contributed by atoms with Crippen molar-refractivity contribution in [2.45, 2.75) is 32.2 Å². The maximum Gasteiger partial charge on any atom is 0.255 e. The van der Waals surface area contributed by atoms with Gasteiger partial charge in [0.2, 0.25) is 0 Å². The van der Waals surface area contributed by atoms with Crippen molar-refractivity contribution in [1.29, 1.82) is 0 Å². The van der Waals surface area contributed by atoms with E-state index in [-0.39, 0.29) is 12.5 Å². The van der Waals surface area contributed by atoms with Crippen molar-refractivity contribution >= 4 is 5.91 Å². The smallest absolute Gasteiger partial charge is 0.255 e. The van der Waals surface area contributed by atoms with Crippen molar-refractivity contribution in [3.8, 4) is 0 Å². The van der Waals surface area contributed by atoms with Crippen LogP contribution in [0.4, 0.5) is 0 Å². The van der Waals surface area contributed by atoms with Gasteiger partial charge in [-0.15, -0.1) is 0 Å². The molecule has 0 spiro atoms. The zero-order valence-corrected chi connectivity index (χ0v) is 16.1. The van der Waals surface area contributed by atoms with Crippen LogP contribution in [0.1, 0.15) is 35.2 Å². The molecule has 0 saturated carbocycles. The van der Waals surface area contributed by atoms with Crippen LogP contribution in [0.2, 0.25) is 0 Å². The molecule has 1 aromatic heterocycles. The molecule has 3 rings (SSSR count). The van der Waals surface area contributed by atoms with Crippen LogP contribution in [0.5, 0.6) is 0 Å². The van der Waals surface area contributed by atoms with Crippen LogP contribution in [0.3, 0.4) is 0 Å². The Morgan fingerprint density at radius 3 is 2.73 bits per heavy atom. The Morgan fingerprint density at radius 2 is 2.04 bits per heavy atom. The van der Waals surface area contributed by atoms with E-state index in [1.165, 1.54) is 0 Å². The minimum Gasteiger partial charge on any atom is -0.396 e. The summed E-state index contributed by atoms with van der Waals surface area (Å²) in [6, 6.07) is 2.42. The zero-order valence-electron chi connectivity index (χ0n) is 16.1. The second kappa shape index (κ2) is 8.93. The maximum absolute atomic E-state index is 13.0. The lowest BCUT2D eigenvalue weighted by atomic mass is 9.86. The van der Waals surface area contributed by atoms with E-state index in [2.05, 4.69) is 21.8 Å². The summed E-state index contributed by atoms with van der Waals surface area (Å²) in [6.45, 7) is 8.21. The van der Waals surface area contributed by atoms with Gasteiger partial charge < -0.3 is 14.9 Å². The average molecular weight is 361 g/mol. The molecule has 0 aliphatic carbocycles. The number of rotatable bonds is 5. The number of hydrogen-bond acceptors (Lipinski definition) is 5. The molecule has 1 amide bonds. The topological polar surface area (TPSA) is 59.9 Å². The van der Waals surface area contributed by atoms with Crippen molar-refractivity contribution in [3.63, 3.8) is 0 Å². The van der Waals surface area contributed by atoms with Crippen LogP contribution in [-0.4, -0.2) is 89.7 Å². The van der Waals surface area contributed by atoms with Crippen LogP contribution in [0.15, 0.2) is 18.5 Å². The molecule has 2 aliphatic heterocycles. The molecule has 2 saturated heterocycles. The third-order valence-electron chi connectivity index (χ3n) is 5.99. The van der Waals surface area contributed by atoms with E-state index >= 15 is 0 Å². The van der Waals surface area contributed by atoms with Crippen LogP contribution in [0.25, 0.3) is 0 Å². The lowest BCUT2D eigenvalue weighted by Gasteiger charge is -2.46. The van der Waals surface area contributed by atoms with Gasteiger partial charge >= 0.3 is 0 Å². The van der Waals surface area contributed by atoms with Gasteiger partial charge in [0.05, 0.1) is 5.56 Å². The number of nitrogens with zero attached hydrogens (tertiary/aromatic N) is 4. The first-order valence-electron chi connectivity index (χ1n) is 9.83. The highest BCUT2D eigenvalue weighted by molar-refractivity contribution is 5.95. The minimum absolute atomic E-state index is 0.0985. The Labute approximate surface area is 156 Å². The van der Waals surface area contributed by atoms with E-state index in [1.54, 1.807) is 12.4 Å². The number of hydrogen-bond donors (Lipinski definition) is 1. The Hall–Kier alpha value is -1.50. The summed E-state index contributed by atoms with van der Waals surface area (Å²) in [4.78, 5) is 24.1. The fourth-order valence-corrected chi connectivity index (χ4v) is 4.33. The Kier molecular flexibility index (Phi) is 6.62. The third kappa shape index (κ3) is 4.42. The maximum atomic E-state index is 13.0. The van der Waals surface area contributed by atoms with Crippen LogP contribution in [0, 0.1) is 12.8 Å². The average Bonchev–Trinajstić information content (AvgIpc) is 2.67. The van der Waals surface area contributed by atoms with E-state index in [0.717, 1.165) is 64.1 Å². The number of aromatic nitrogens is 1. The highest BCUT2D eigenvalue weighted by Crippen LogP contribution is 2.28. The standard InChI is InChI=1S/C20H32N4O2/c1-16-5-7-21-14-18(16)20(26)24-8-6-19(17(15-24)4-3-13-25)23-11-9-22(2)10-12-23/h5,7,14,17,19,25H,3-4,6,8-13,15H2,1-2H3/t17-,19+/m1/s1. The first kappa shape index (κ1) is 19.3. The Bertz CT molecular complexity index is 601. The normalized spacial score (nSPS) is 25.4. The largest absolute Gasteiger partial charge is 0.396 e. The molecule has 2 fully saturated rings. The quantitative estimate of drug-likeness (QED) is 0.856. The number of aliphatic hydroxyl groups is 1. The summed E-state index contributed by atoms with van der Waals surface area (Å²) in [5.74, 6) is 0.529. The fourth-order valence-electron chi connectivity index (χ4n) is 4.33. The van der Waals surface area contributed by atoms with Crippen LogP contribution >= 0.6 is 0 Å². The second-order valence-electron chi connectivity index (χ2n) is 7.76. The molecule has 0 radical (unpaired) electrons. The molecule has 6 nitrogen and oxygen atoms in total. The molecule has 26 heavy (non-hydrogen) atoms. The number of piperazine rings is 1. The number of likely N-dealkylation sites (N-methyl/N-ethyl adjacent to an activating group) is 1. The molecule has 6 heteroatoms. The van der Waals surface area contributed by atoms with Crippen LogP contribution < -0.4 is 0 Å². The van der Waals surface area contributed by atoms with Crippen molar-refractivity contribution < 1.29 is 9.90 Å². The van der Waals surface area contributed by atoms with E-state index in [1.807, 2.05) is 17.9 Å². The number of pyridine rings is 1. The van der Waals surface area contributed by atoms with Gasteiger partial charge in [0, 0.05) is 64.3 Å². The molecule has 0 unspecified atom stereocenters. The SMILES string of the molecule is Cc1ccncc1C(=O)N1CC[C@H](N2CCN(C)CC2)[C@H](CCCO)C1. The van der Waals surface area contributed by atoms with Crippen molar-refractivity contribution in [1.82, 2.24) is 19.7 Å². The molecule has 1 N–H and O–H groups in total. The van der Waals surface area contributed by atoms with Gasteiger partial charge in [0.1, 0.15) is 0 Å². The Balaban J connectivity index is 1.69. The van der Waals surface area contributed by atoms with Crippen LogP contribution in [-0.2, 0) is 0 Å². The second-order valence-corrected chi connectivity index (χ2v) is 7.76. The molecule has 2 atom stereocenters. The molecule has 2 aliphatic rings. The number of carbonyl (C=O) groups excluding carboxylic acids is 1. The zero-order chi connectivity index (χ0) is 18.5. The number of amides is 1. The van der Waals surface area contributed by atoms with Gasteiger partial charge in [0.15, 0.2) is 0 Å². The first-order valence-corrected chi connectivity index (χ1v) is 9.83. The number of aliphatic hydroxyl groups excluding tert-OH is 1. The number of aryl methyl sites for hydroxylation is 1. The highest BCUT2D eigenvalue weighted by atomic mass is 16.3. The van der Waals surface area contributed by atoms with E-state index in [9.17, 15) is 9.90 Å². The number of likely N-dealkylation sites (tertiary alicyclic amines) is 1. The molecule has 0 bridgehead atoms. The summed E-state index contributed by atoms with van der Waals surface area (Å²) >= 11 is 0. The molecular formula is C20H32N4O2. The summed E-state index contributed by atoms with van der Waals surface area (Å²) in [5.41, 5.74) is 1.70. The Morgan fingerprint density at radius 1 is 1.27 bits per heavy atom. The summed E-state index contributed by atoms with van der Waals surface area (Å²) in [6.07, 6.45) is 6.22. The van der Waals surface area contributed by atoms with Gasteiger partial charge in [0.25, 0.3) is 5.91 Å².